The second kappa shape index (κ2) is 6.29. The Morgan fingerprint density at radius 1 is 1.19 bits per heavy atom. The molecule has 146 valence electrons. The van der Waals surface area contributed by atoms with Gasteiger partial charge in [0.25, 0.3) is 0 Å². The van der Waals surface area contributed by atoms with Gasteiger partial charge >= 0.3 is 0 Å². The SMILES string of the molecule is CC1CC=C2C3=C(CCC21C)C1(C)CCC(=O)C=C1C1CC31.CCC(C)=O. The summed E-state index contributed by atoms with van der Waals surface area (Å²) in [5.74, 6) is 2.86. The number of allylic oxidation sites excluding steroid dienone is 6. The molecule has 0 aromatic heterocycles. The molecule has 5 atom stereocenters. The summed E-state index contributed by atoms with van der Waals surface area (Å²) >= 11 is 0. The van der Waals surface area contributed by atoms with Crippen LogP contribution in [0.1, 0.15) is 79.6 Å². The standard InChI is InChI=1S/C21H26O.C4H8O/c1-12-4-5-16-19-15-11-14(15)18-10-13(22)6-8-21(18,3)17(19)7-9-20(12,16)2;1-3-4(2)5/h5,10,12,14-15H,4,6-9,11H2,1-3H3;3H2,1-2H3. The van der Waals surface area contributed by atoms with Crippen LogP contribution in [0.15, 0.2) is 34.4 Å². The van der Waals surface area contributed by atoms with Crippen LogP contribution in [0.5, 0.6) is 0 Å². The van der Waals surface area contributed by atoms with Gasteiger partial charge in [0.15, 0.2) is 5.78 Å². The number of hydrogen-bond donors (Lipinski definition) is 0. The number of hydrogen-bond acceptors (Lipinski definition) is 2. The Morgan fingerprint density at radius 3 is 2.56 bits per heavy atom. The molecule has 0 aliphatic heterocycles. The van der Waals surface area contributed by atoms with Gasteiger partial charge in [-0.3, -0.25) is 4.79 Å². The third kappa shape index (κ3) is 2.74. The van der Waals surface area contributed by atoms with Crippen LogP contribution < -0.4 is 0 Å². The van der Waals surface area contributed by atoms with Gasteiger partial charge in [0.05, 0.1) is 0 Å². The molecule has 0 aromatic carbocycles. The zero-order valence-electron chi connectivity index (χ0n) is 17.7. The van der Waals surface area contributed by atoms with Gasteiger partial charge in [0.2, 0.25) is 0 Å². The maximum Gasteiger partial charge on any atom is 0.155 e. The molecule has 0 bridgehead atoms. The van der Waals surface area contributed by atoms with Crippen molar-refractivity contribution in [2.45, 2.75) is 79.6 Å². The first-order valence-corrected chi connectivity index (χ1v) is 10.9. The molecule has 0 amide bonds. The lowest BCUT2D eigenvalue weighted by atomic mass is 9.55. The first-order valence-electron chi connectivity index (χ1n) is 10.9. The highest BCUT2D eigenvalue weighted by molar-refractivity contribution is 5.92. The van der Waals surface area contributed by atoms with E-state index in [9.17, 15) is 9.59 Å². The first kappa shape index (κ1) is 18.9. The van der Waals surface area contributed by atoms with Crippen molar-refractivity contribution in [2.24, 2.45) is 28.6 Å². The van der Waals surface area contributed by atoms with Crippen molar-refractivity contribution in [1.29, 1.82) is 0 Å². The summed E-state index contributed by atoms with van der Waals surface area (Å²) in [6.45, 7) is 10.8. The molecule has 0 spiro atoms. The van der Waals surface area contributed by atoms with E-state index in [-0.39, 0.29) is 11.2 Å². The van der Waals surface area contributed by atoms with Gasteiger partial charge in [-0.1, -0.05) is 44.9 Å². The molecule has 1 saturated carbocycles. The normalized spacial score (nSPS) is 41.2. The summed E-state index contributed by atoms with van der Waals surface area (Å²) in [5, 5.41) is 0. The summed E-state index contributed by atoms with van der Waals surface area (Å²) in [4.78, 5) is 21.8. The van der Waals surface area contributed by atoms with Crippen molar-refractivity contribution < 1.29 is 9.59 Å². The zero-order chi connectivity index (χ0) is 19.6. The summed E-state index contributed by atoms with van der Waals surface area (Å²) in [5.41, 5.74) is 7.33. The van der Waals surface area contributed by atoms with Crippen LogP contribution in [0, 0.1) is 28.6 Å². The molecule has 0 N–H and O–H groups in total. The molecule has 5 unspecified atom stereocenters. The second-order valence-corrected chi connectivity index (χ2v) is 9.97. The minimum Gasteiger partial charge on any atom is -0.300 e. The number of Topliss-reactive ketones (excluding diaryl/α,β-unsaturated/α-hetero) is 1. The Labute approximate surface area is 164 Å². The summed E-state index contributed by atoms with van der Waals surface area (Å²) in [6, 6.07) is 0. The van der Waals surface area contributed by atoms with Crippen LogP contribution in [0.3, 0.4) is 0 Å². The van der Waals surface area contributed by atoms with Crippen LogP contribution in [0.25, 0.3) is 0 Å². The second-order valence-electron chi connectivity index (χ2n) is 9.97. The topological polar surface area (TPSA) is 34.1 Å². The molecule has 5 rings (SSSR count). The van der Waals surface area contributed by atoms with E-state index in [0.29, 0.717) is 23.5 Å². The minimum absolute atomic E-state index is 0.203. The first-order chi connectivity index (χ1) is 12.7. The molecule has 2 nitrogen and oxygen atoms in total. The van der Waals surface area contributed by atoms with E-state index in [4.69, 9.17) is 0 Å². The smallest absolute Gasteiger partial charge is 0.155 e. The molecule has 5 aliphatic carbocycles. The number of carbonyl (C=O) groups is 2. The van der Waals surface area contributed by atoms with Crippen LogP contribution in [0.2, 0.25) is 0 Å². The summed E-state index contributed by atoms with van der Waals surface area (Å²) in [7, 11) is 0. The van der Waals surface area contributed by atoms with Gasteiger partial charge in [0.1, 0.15) is 5.78 Å². The number of rotatable bonds is 1. The van der Waals surface area contributed by atoms with Crippen molar-refractivity contribution in [3.05, 3.63) is 34.4 Å². The highest BCUT2D eigenvalue weighted by atomic mass is 16.1. The molecule has 2 heteroatoms. The van der Waals surface area contributed by atoms with Crippen LogP contribution in [-0.4, -0.2) is 11.6 Å². The van der Waals surface area contributed by atoms with E-state index < -0.39 is 0 Å². The largest absolute Gasteiger partial charge is 0.300 e. The average Bonchev–Trinajstić information content (AvgIpc) is 3.36. The van der Waals surface area contributed by atoms with Gasteiger partial charge in [0, 0.05) is 18.3 Å². The molecule has 1 fully saturated rings. The van der Waals surface area contributed by atoms with Crippen LogP contribution >= 0.6 is 0 Å². The van der Waals surface area contributed by atoms with Crippen LogP contribution in [0.4, 0.5) is 0 Å². The minimum atomic E-state index is 0.203. The fourth-order valence-corrected chi connectivity index (χ4v) is 6.15. The van der Waals surface area contributed by atoms with Crippen molar-refractivity contribution in [3.8, 4) is 0 Å². The van der Waals surface area contributed by atoms with E-state index in [0.717, 1.165) is 24.7 Å². The van der Waals surface area contributed by atoms with Gasteiger partial charge < -0.3 is 4.79 Å². The monoisotopic (exact) mass is 366 g/mol. The van der Waals surface area contributed by atoms with Crippen molar-refractivity contribution in [1.82, 2.24) is 0 Å². The van der Waals surface area contributed by atoms with E-state index in [1.54, 1.807) is 23.6 Å². The van der Waals surface area contributed by atoms with Gasteiger partial charge in [-0.15, -0.1) is 0 Å². The van der Waals surface area contributed by atoms with Crippen molar-refractivity contribution in [3.63, 3.8) is 0 Å². The molecular formula is C25H34O2. The predicted molar refractivity (Wildman–Crippen MR) is 109 cm³/mol. The lowest BCUT2D eigenvalue weighted by molar-refractivity contribution is -0.117. The van der Waals surface area contributed by atoms with Gasteiger partial charge in [-0.2, -0.15) is 0 Å². The molecule has 0 saturated heterocycles. The Hall–Kier alpha value is -1.44. The maximum absolute atomic E-state index is 12.0. The number of fused-ring (bicyclic) bond motifs is 7. The molecule has 0 radical (unpaired) electrons. The molecular weight excluding hydrogens is 332 g/mol. The molecule has 0 heterocycles. The maximum atomic E-state index is 12.0. The fraction of sp³-hybridized carbons (Fsp3) is 0.680. The Bertz CT molecular complexity index is 795. The Morgan fingerprint density at radius 2 is 1.89 bits per heavy atom. The van der Waals surface area contributed by atoms with Crippen molar-refractivity contribution in [2.75, 3.05) is 0 Å². The highest BCUT2D eigenvalue weighted by Crippen LogP contribution is 2.70. The van der Waals surface area contributed by atoms with E-state index in [1.807, 2.05) is 13.0 Å². The fourth-order valence-electron chi connectivity index (χ4n) is 6.15. The molecule has 0 aromatic rings. The van der Waals surface area contributed by atoms with Crippen molar-refractivity contribution >= 4 is 11.6 Å². The zero-order valence-corrected chi connectivity index (χ0v) is 17.7. The highest BCUT2D eigenvalue weighted by Gasteiger charge is 2.59. The summed E-state index contributed by atoms with van der Waals surface area (Å²) in [6.07, 6.45) is 12.2. The summed E-state index contributed by atoms with van der Waals surface area (Å²) < 4.78 is 0. The van der Waals surface area contributed by atoms with E-state index >= 15 is 0 Å². The predicted octanol–water partition coefficient (Wildman–Crippen LogP) is 5.98. The molecule has 5 aliphatic rings. The molecule has 27 heavy (non-hydrogen) atoms. The Balaban J connectivity index is 0.000000323. The quantitative estimate of drug-likeness (QED) is 0.572. The third-order valence-electron chi connectivity index (χ3n) is 8.44. The van der Waals surface area contributed by atoms with E-state index in [1.165, 1.54) is 31.3 Å². The van der Waals surface area contributed by atoms with Gasteiger partial charge in [-0.05, 0) is 79.4 Å². The number of ketones is 2. The Kier molecular flexibility index (Phi) is 4.40. The third-order valence-corrected chi connectivity index (χ3v) is 8.44. The average molecular weight is 367 g/mol. The van der Waals surface area contributed by atoms with E-state index in [2.05, 4.69) is 26.8 Å². The van der Waals surface area contributed by atoms with Gasteiger partial charge in [-0.25, -0.2) is 0 Å². The lowest BCUT2D eigenvalue weighted by Gasteiger charge is -2.49. The van der Waals surface area contributed by atoms with Crippen LogP contribution in [-0.2, 0) is 9.59 Å². The lowest BCUT2D eigenvalue weighted by Crippen LogP contribution is -2.38. The number of carbonyl (C=O) groups excluding carboxylic acids is 2.